The molecule has 0 spiro atoms. The largest absolute Gasteiger partial charge is 0.335 e. The lowest BCUT2D eigenvalue weighted by Crippen LogP contribution is -2.02. The molecule has 0 amide bonds. The summed E-state index contributed by atoms with van der Waals surface area (Å²) in [5, 5.41) is 2.82. The van der Waals surface area contributed by atoms with Crippen molar-refractivity contribution in [2.45, 2.75) is 0 Å². The number of benzene rings is 1. The van der Waals surface area contributed by atoms with Crippen molar-refractivity contribution < 1.29 is 13.2 Å². The van der Waals surface area contributed by atoms with Gasteiger partial charge in [-0.3, -0.25) is 0 Å². The number of aromatic nitrogens is 1. The standard InChI is InChI=1S/C11H5Cl2F3N2/c12-5-2-1-3-6(13)9(5)17-11-8(15)4-7(14)10(16)18-11/h1-4H,(H,17,18). The van der Waals surface area contributed by atoms with E-state index >= 15 is 0 Å². The van der Waals surface area contributed by atoms with Crippen LogP contribution in [0.15, 0.2) is 24.3 Å². The maximum atomic E-state index is 13.4. The van der Waals surface area contributed by atoms with E-state index < -0.39 is 23.4 Å². The first kappa shape index (κ1) is 13.0. The first-order valence-corrected chi connectivity index (χ1v) is 5.47. The molecule has 7 heteroatoms. The normalized spacial score (nSPS) is 10.5. The number of anilines is 2. The Balaban J connectivity index is 2.43. The lowest BCUT2D eigenvalue weighted by atomic mass is 10.3. The minimum absolute atomic E-state index is 0.165. The molecule has 0 aliphatic carbocycles. The molecule has 18 heavy (non-hydrogen) atoms. The fourth-order valence-corrected chi connectivity index (χ4v) is 1.76. The van der Waals surface area contributed by atoms with Gasteiger partial charge in [-0.05, 0) is 12.1 Å². The Morgan fingerprint density at radius 1 is 1.00 bits per heavy atom. The third-order valence-corrected chi connectivity index (χ3v) is 2.72. The van der Waals surface area contributed by atoms with Crippen LogP contribution in [0.25, 0.3) is 0 Å². The van der Waals surface area contributed by atoms with E-state index in [0.717, 1.165) is 0 Å². The number of nitrogens with zero attached hydrogens (tertiary/aromatic N) is 1. The lowest BCUT2D eigenvalue weighted by molar-refractivity contribution is 0.467. The van der Waals surface area contributed by atoms with Gasteiger partial charge in [-0.1, -0.05) is 29.3 Å². The van der Waals surface area contributed by atoms with E-state index in [0.29, 0.717) is 6.07 Å². The van der Waals surface area contributed by atoms with Gasteiger partial charge < -0.3 is 5.32 Å². The zero-order chi connectivity index (χ0) is 13.3. The summed E-state index contributed by atoms with van der Waals surface area (Å²) < 4.78 is 39.0. The number of hydrogen-bond donors (Lipinski definition) is 1. The van der Waals surface area contributed by atoms with E-state index in [2.05, 4.69) is 10.3 Å². The van der Waals surface area contributed by atoms with Crippen molar-refractivity contribution >= 4 is 34.7 Å². The molecule has 94 valence electrons. The maximum absolute atomic E-state index is 13.4. The van der Waals surface area contributed by atoms with Crippen LogP contribution < -0.4 is 5.32 Å². The first-order chi connectivity index (χ1) is 8.49. The molecule has 2 aromatic rings. The summed E-state index contributed by atoms with van der Waals surface area (Å²) in [6.45, 7) is 0. The number of hydrogen-bond acceptors (Lipinski definition) is 2. The smallest absolute Gasteiger partial charge is 0.251 e. The molecular weight excluding hydrogens is 288 g/mol. The van der Waals surface area contributed by atoms with Gasteiger partial charge in [-0.2, -0.15) is 9.37 Å². The third-order valence-electron chi connectivity index (χ3n) is 2.09. The summed E-state index contributed by atoms with van der Waals surface area (Å²) in [5.74, 6) is -4.33. The van der Waals surface area contributed by atoms with Crippen molar-refractivity contribution in [3.8, 4) is 0 Å². The van der Waals surface area contributed by atoms with E-state index in [1.807, 2.05) is 0 Å². The SMILES string of the molecule is Fc1cc(F)c(Nc2c(Cl)cccc2Cl)nc1F. The van der Waals surface area contributed by atoms with E-state index in [4.69, 9.17) is 23.2 Å². The second-order valence-electron chi connectivity index (χ2n) is 3.31. The molecule has 2 nitrogen and oxygen atoms in total. The van der Waals surface area contributed by atoms with Gasteiger partial charge in [-0.15, -0.1) is 0 Å². The minimum Gasteiger partial charge on any atom is -0.335 e. The van der Waals surface area contributed by atoms with Gasteiger partial charge in [0.05, 0.1) is 15.7 Å². The minimum atomic E-state index is -1.41. The Morgan fingerprint density at radius 3 is 2.22 bits per heavy atom. The summed E-state index contributed by atoms with van der Waals surface area (Å²) in [6.07, 6.45) is 0. The van der Waals surface area contributed by atoms with Gasteiger partial charge in [0, 0.05) is 6.07 Å². The number of halogens is 5. The fourth-order valence-electron chi connectivity index (χ4n) is 1.27. The van der Waals surface area contributed by atoms with Crippen molar-refractivity contribution in [1.29, 1.82) is 0 Å². The quantitative estimate of drug-likeness (QED) is 0.822. The zero-order valence-electron chi connectivity index (χ0n) is 8.65. The van der Waals surface area contributed by atoms with Crippen molar-refractivity contribution in [1.82, 2.24) is 4.98 Å². The van der Waals surface area contributed by atoms with Crippen LogP contribution in [0.2, 0.25) is 10.0 Å². The Bertz CT molecular complexity index is 585. The summed E-state index contributed by atoms with van der Waals surface area (Å²) in [6, 6.07) is 4.99. The van der Waals surface area contributed by atoms with Crippen molar-refractivity contribution in [2.24, 2.45) is 0 Å². The highest BCUT2D eigenvalue weighted by molar-refractivity contribution is 6.39. The Hall–Kier alpha value is -1.46. The second-order valence-corrected chi connectivity index (χ2v) is 4.13. The number of rotatable bonds is 2. The van der Waals surface area contributed by atoms with Crippen LogP contribution in [0, 0.1) is 17.6 Å². The molecule has 0 fully saturated rings. The van der Waals surface area contributed by atoms with Gasteiger partial charge >= 0.3 is 0 Å². The third kappa shape index (κ3) is 2.52. The first-order valence-electron chi connectivity index (χ1n) is 4.71. The van der Waals surface area contributed by atoms with Crippen molar-refractivity contribution in [3.05, 3.63) is 51.9 Å². The van der Waals surface area contributed by atoms with Crippen LogP contribution in [-0.4, -0.2) is 4.98 Å². The summed E-state index contributed by atoms with van der Waals surface area (Å²) in [5.41, 5.74) is 0.165. The average Bonchev–Trinajstić information content (AvgIpc) is 2.30. The number of nitrogens with one attached hydrogen (secondary N) is 1. The number of pyridine rings is 1. The van der Waals surface area contributed by atoms with Crippen LogP contribution in [0.5, 0.6) is 0 Å². The van der Waals surface area contributed by atoms with Gasteiger partial charge in [0.2, 0.25) is 0 Å². The Kier molecular flexibility index (Phi) is 3.63. The molecule has 0 saturated heterocycles. The van der Waals surface area contributed by atoms with Crippen LogP contribution in [0.3, 0.4) is 0 Å². The predicted octanol–water partition coefficient (Wildman–Crippen LogP) is 4.55. The fraction of sp³-hybridized carbons (Fsp3) is 0. The predicted molar refractivity (Wildman–Crippen MR) is 63.9 cm³/mol. The molecule has 0 atom stereocenters. The molecule has 2 rings (SSSR count). The van der Waals surface area contributed by atoms with E-state index in [1.165, 1.54) is 12.1 Å². The van der Waals surface area contributed by atoms with E-state index in [-0.39, 0.29) is 15.7 Å². The summed E-state index contributed by atoms with van der Waals surface area (Å²) >= 11 is 11.7. The molecule has 0 aliphatic heterocycles. The molecule has 0 radical (unpaired) electrons. The number of para-hydroxylation sites is 1. The Morgan fingerprint density at radius 2 is 1.61 bits per heavy atom. The zero-order valence-corrected chi connectivity index (χ0v) is 10.2. The summed E-state index contributed by atoms with van der Waals surface area (Å²) in [7, 11) is 0. The van der Waals surface area contributed by atoms with E-state index in [9.17, 15) is 13.2 Å². The van der Waals surface area contributed by atoms with Gasteiger partial charge in [0.1, 0.15) is 0 Å². The van der Waals surface area contributed by atoms with Crippen molar-refractivity contribution in [2.75, 3.05) is 5.32 Å². The van der Waals surface area contributed by atoms with Crippen LogP contribution in [0.4, 0.5) is 24.7 Å². The highest BCUT2D eigenvalue weighted by atomic mass is 35.5. The highest BCUT2D eigenvalue weighted by Crippen LogP contribution is 2.32. The van der Waals surface area contributed by atoms with Gasteiger partial charge in [0.25, 0.3) is 5.95 Å². The van der Waals surface area contributed by atoms with Gasteiger partial charge in [-0.25, -0.2) is 8.78 Å². The van der Waals surface area contributed by atoms with Gasteiger partial charge in [0.15, 0.2) is 17.5 Å². The average molecular weight is 293 g/mol. The van der Waals surface area contributed by atoms with E-state index in [1.54, 1.807) is 6.07 Å². The molecule has 0 bridgehead atoms. The monoisotopic (exact) mass is 292 g/mol. The molecule has 1 heterocycles. The highest BCUT2D eigenvalue weighted by Gasteiger charge is 2.14. The molecule has 0 aliphatic rings. The molecular formula is C11H5Cl2F3N2. The second kappa shape index (κ2) is 5.04. The lowest BCUT2D eigenvalue weighted by Gasteiger charge is -2.10. The van der Waals surface area contributed by atoms with Crippen LogP contribution in [0.1, 0.15) is 0 Å². The molecule has 0 unspecified atom stereocenters. The van der Waals surface area contributed by atoms with Crippen LogP contribution >= 0.6 is 23.2 Å². The maximum Gasteiger partial charge on any atom is 0.251 e. The van der Waals surface area contributed by atoms with Crippen molar-refractivity contribution in [3.63, 3.8) is 0 Å². The topological polar surface area (TPSA) is 24.9 Å². The molecule has 1 N–H and O–H groups in total. The molecule has 0 saturated carbocycles. The van der Waals surface area contributed by atoms with Crippen LogP contribution in [-0.2, 0) is 0 Å². The summed E-state index contributed by atoms with van der Waals surface area (Å²) in [4.78, 5) is 3.10. The molecule has 1 aromatic carbocycles. The Labute approximate surface area is 110 Å². The molecule has 1 aromatic heterocycles.